The number of rotatable bonds is 3. The zero-order valence-corrected chi connectivity index (χ0v) is 18.5. The van der Waals surface area contributed by atoms with Gasteiger partial charge in [-0.1, -0.05) is 41.9 Å². The first kappa shape index (κ1) is 20.7. The van der Waals surface area contributed by atoms with Crippen molar-refractivity contribution in [3.05, 3.63) is 70.7 Å². The third-order valence-corrected chi connectivity index (χ3v) is 7.32. The smallest absolute Gasteiger partial charge is 0.255 e. The predicted molar refractivity (Wildman–Crippen MR) is 117 cm³/mol. The molecule has 2 bridgehead atoms. The maximum atomic E-state index is 13.8. The Kier molecular flexibility index (Phi) is 4.64. The molecule has 8 heteroatoms. The largest absolute Gasteiger partial charge is 0.342 e. The van der Waals surface area contributed by atoms with Crippen molar-refractivity contribution in [1.29, 1.82) is 0 Å². The van der Waals surface area contributed by atoms with E-state index in [0.29, 0.717) is 10.6 Å². The van der Waals surface area contributed by atoms with Gasteiger partial charge in [0, 0.05) is 37.6 Å². The highest BCUT2D eigenvalue weighted by Gasteiger charge is 2.74. The zero-order valence-electron chi connectivity index (χ0n) is 17.7. The van der Waals surface area contributed by atoms with Gasteiger partial charge in [0.1, 0.15) is 5.54 Å². The van der Waals surface area contributed by atoms with Crippen molar-refractivity contribution >= 4 is 35.2 Å². The summed E-state index contributed by atoms with van der Waals surface area (Å²) in [6, 6.07) is 15.2. The normalized spacial score (nSPS) is 29.0. The van der Waals surface area contributed by atoms with Crippen molar-refractivity contribution in [2.75, 3.05) is 20.6 Å². The lowest BCUT2D eigenvalue weighted by Crippen LogP contribution is -2.69. The molecular formula is C24H22ClN3O4. The average molecular weight is 452 g/mol. The van der Waals surface area contributed by atoms with Crippen LogP contribution in [-0.2, 0) is 20.8 Å². The van der Waals surface area contributed by atoms with Crippen LogP contribution in [0, 0.1) is 11.8 Å². The van der Waals surface area contributed by atoms with E-state index in [4.69, 9.17) is 11.6 Å². The van der Waals surface area contributed by atoms with Crippen LogP contribution in [-0.4, -0.2) is 70.5 Å². The number of imide groups is 1. The van der Waals surface area contributed by atoms with Crippen LogP contribution in [0.15, 0.2) is 54.6 Å². The molecule has 5 rings (SSSR count). The Morgan fingerprint density at radius 1 is 1.00 bits per heavy atom. The Bertz CT molecular complexity index is 1140. The van der Waals surface area contributed by atoms with E-state index in [2.05, 4.69) is 0 Å². The van der Waals surface area contributed by atoms with E-state index < -0.39 is 29.3 Å². The number of nitrogens with zero attached hydrogens (tertiary/aromatic N) is 3. The number of piperazine rings is 1. The van der Waals surface area contributed by atoms with E-state index >= 15 is 0 Å². The van der Waals surface area contributed by atoms with E-state index in [1.807, 2.05) is 30.3 Å². The maximum absolute atomic E-state index is 13.8. The fraction of sp³-hybridized carbons (Fsp3) is 0.333. The van der Waals surface area contributed by atoms with Gasteiger partial charge >= 0.3 is 0 Å². The number of hydrogen-bond donors (Lipinski definition) is 0. The van der Waals surface area contributed by atoms with Crippen molar-refractivity contribution < 1.29 is 19.2 Å². The van der Waals surface area contributed by atoms with Crippen LogP contribution in [0.2, 0.25) is 5.02 Å². The first-order chi connectivity index (χ1) is 15.3. The summed E-state index contributed by atoms with van der Waals surface area (Å²) in [5, 5.41) is 0.488. The molecule has 3 saturated heterocycles. The standard InChI is InChI=1S/C24H22ClN3O4/c1-26-13-17-18-19(22(31)27(2)21(18)30)24(23(26)32,12-14-6-4-3-5-7-14)28(17)20(29)15-8-10-16(25)11-9-15/h3-11,17-19H,12-13H2,1-2H3/t17-,18+,19-,24-/m1/s1. The summed E-state index contributed by atoms with van der Waals surface area (Å²) in [5.41, 5.74) is -0.292. The minimum absolute atomic E-state index is 0.154. The van der Waals surface area contributed by atoms with E-state index in [1.165, 1.54) is 11.9 Å². The summed E-state index contributed by atoms with van der Waals surface area (Å²) < 4.78 is 0. The number of halogens is 1. The van der Waals surface area contributed by atoms with Gasteiger partial charge in [-0.15, -0.1) is 0 Å². The highest BCUT2D eigenvalue weighted by molar-refractivity contribution is 6.30. The van der Waals surface area contributed by atoms with Crippen LogP contribution in [0.1, 0.15) is 15.9 Å². The van der Waals surface area contributed by atoms with Crippen LogP contribution >= 0.6 is 11.6 Å². The average Bonchev–Trinajstić information content (AvgIpc) is 3.16. The van der Waals surface area contributed by atoms with Crippen molar-refractivity contribution in [3.8, 4) is 0 Å². The van der Waals surface area contributed by atoms with Crippen LogP contribution in [0.25, 0.3) is 0 Å². The number of benzene rings is 2. The molecule has 0 N–H and O–H groups in total. The molecule has 3 aliphatic heterocycles. The fourth-order valence-corrected chi connectivity index (χ4v) is 5.82. The van der Waals surface area contributed by atoms with Crippen LogP contribution in [0.4, 0.5) is 0 Å². The van der Waals surface area contributed by atoms with E-state index in [1.54, 1.807) is 36.2 Å². The maximum Gasteiger partial charge on any atom is 0.255 e. The van der Waals surface area contributed by atoms with Crippen molar-refractivity contribution in [2.45, 2.75) is 18.0 Å². The van der Waals surface area contributed by atoms with Crippen LogP contribution in [0.3, 0.4) is 0 Å². The Balaban J connectivity index is 1.72. The number of hydrogen-bond acceptors (Lipinski definition) is 4. The fourth-order valence-electron chi connectivity index (χ4n) is 5.70. The van der Waals surface area contributed by atoms with E-state index in [0.717, 1.165) is 10.5 Å². The predicted octanol–water partition coefficient (Wildman–Crippen LogP) is 1.85. The van der Waals surface area contributed by atoms with Gasteiger partial charge in [-0.25, -0.2) is 0 Å². The molecule has 0 spiro atoms. The van der Waals surface area contributed by atoms with Crippen molar-refractivity contribution in [3.63, 3.8) is 0 Å². The summed E-state index contributed by atoms with van der Waals surface area (Å²) in [5.74, 6) is -3.10. The number of likely N-dealkylation sites (N-methyl/N-ethyl adjacent to an activating group) is 1. The molecule has 2 aromatic carbocycles. The molecule has 32 heavy (non-hydrogen) atoms. The molecule has 0 unspecified atom stereocenters. The lowest BCUT2D eigenvalue weighted by molar-refractivity contribution is -0.154. The summed E-state index contributed by atoms with van der Waals surface area (Å²) in [4.78, 5) is 58.3. The molecule has 0 aromatic heterocycles. The summed E-state index contributed by atoms with van der Waals surface area (Å²) in [6.45, 7) is 0.197. The minimum Gasteiger partial charge on any atom is -0.342 e. The second-order valence-corrected chi connectivity index (χ2v) is 9.20. The first-order valence-electron chi connectivity index (χ1n) is 10.5. The number of carbonyl (C=O) groups is 4. The highest BCUT2D eigenvalue weighted by Crippen LogP contribution is 2.53. The topological polar surface area (TPSA) is 78.0 Å². The summed E-state index contributed by atoms with van der Waals surface area (Å²) >= 11 is 6.00. The molecule has 3 aliphatic rings. The Labute approximate surface area is 190 Å². The van der Waals surface area contributed by atoms with Gasteiger partial charge in [-0.2, -0.15) is 0 Å². The van der Waals surface area contributed by atoms with Gasteiger partial charge in [-0.3, -0.25) is 24.1 Å². The Morgan fingerprint density at radius 3 is 2.31 bits per heavy atom. The highest BCUT2D eigenvalue weighted by atomic mass is 35.5. The third-order valence-electron chi connectivity index (χ3n) is 7.07. The number of likely N-dealkylation sites (tertiary alicyclic amines) is 2. The van der Waals surface area contributed by atoms with E-state index in [9.17, 15) is 19.2 Å². The Morgan fingerprint density at radius 2 is 1.66 bits per heavy atom. The van der Waals surface area contributed by atoms with E-state index in [-0.39, 0.29) is 30.7 Å². The van der Waals surface area contributed by atoms with Gasteiger partial charge in [-0.05, 0) is 29.8 Å². The lowest BCUT2D eigenvalue weighted by atomic mass is 9.75. The molecule has 4 amide bonds. The molecule has 3 heterocycles. The SMILES string of the molecule is CN1C[C@@H]2[C@@H]3C(=O)N(C)C(=O)[C@@H]3[C@](Cc3ccccc3)(C1=O)N2C(=O)c1ccc(Cl)cc1. The van der Waals surface area contributed by atoms with Gasteiger partial charge in [0.05, 0.1) is 17.9 Å². The number of amides is 4. The summed E-state index contributed by atoms with van der Waals surface area (Å²) in [6.07, 6.45) is 0.154. The third kappa shape index (κ3) is 2.67. The first-order valence-corrected chi connectivity index (χ1v) is 10.9. The van der Waals surface area contributed by atoms with Gasteiger partial charge in [0.25, 0.3) is 5.91 Å². The van der Waals surface area contributed by atoms with Gasteiger partial charge in [0.2, 0.25) is 17.7 Å². The quantitative estimate of drug-likeness (QED) is 0.667. The second-order valence-electron chi connectivity index (χ2n) is 8.76. The molecule has 4 atom stereocenters. The molecule has 0 aliphatic carbocycles. The van der Waals surface area contributed by atoms with Crippen molar-refractivity contribution in [2.24, 2.45) is 11.8 Å². The number of fused-ring (bicyclic) bond motifs is 5. The molecule has 164 valence electrons. The van der Waals surface area contributed by atoms with Crippen molar-refractivity contribution in [1.82, 2.24) is 14.7 Å². The van der Waals surface area contributed by atoms with Crippen LogP contribution in [0.5, 0.6) is 0 Å². The molecule has 0 saturated carbocycles. The zero-order chi connectivity index (χ0) is 22.8. The number of carbonyl (C=O) groups excluding carboxylic acids is 4. The molecular weight excluding hydrogens is 430 g/mol. The second kappa shape index (κ2) is 7.17. The molecule has 0 radical (unpaired) electrons. The molecule has 2 aromatic rings. The van der Waals surface area contributed by atoms with Gasteiger partial charge in [0.15, 0.2) is 0 Å². The Hall–Kier alpha value is -3.19. The minimum atomic E-state index is -1.47. The molecule has 7 nitrogen and oxygen atoms in total. The summed E-state index contributed by atoms with van der Waals surface area (Å²) in [7, 11) is 3.12. The lowest BCUT2D eigenvalue weighted by Gasteiger charge is -2.48. The molecule has 3 fully saturated rings. The van der Waals surface area contributed by atoms with Gasteiger partial charge < -0.3 is 9.80 Å². The monoisotopic (exact) mass is 451 g/mol. The van der Waals surface area contributed by atoms with Crippen LogP contribution < -0.4 is 0 Å².